The predicted octanol–water partition coefficient (Wildman–Crippen LogP) is 3.03. The van der Waals surface area contributed by atoms with Gasteiger partial charge in [-0.25, -0.2) is 9.18 Å². The third-order valence-corrected chi connectivity index (χ3v) is 4.78. The van der Waals surface area contributed by atoms with E-state index in [4.69, 9.17) is 9.15 Å². The number of ether oxygens (including phenoxy) is 1. The fourth-order valence-corrected chi connectivity index (χ4v) is 3.27. The maximum Gasteiger partial charge on any atom is 0.341 e. The van der Waals surface area contributed by atoms with E-state index >= 15 is 0 Å². The van der Waals surface area contributed by atoms with Gasteiger partial charge in [0, 0.05) is 38.9 Å². The summed E-state index contributed by atoms with van der Waals surface area (Å²) >= 11 is 0. The Morgan fingerprint density at radius 2 is 1.90 bits per heavy atom. The van der Waals surface area contributed by atoms with E-state index in [1.165, 1.54) is 19.2 Å². The van der Waals surface area contributed by atoms with E-state index < -0.39 is 5.97 Å². The topological polar surface area (TPSA) is 70.3 Å². The molecule has 0 atom stereocenters. The first-order valence-electron chi connectivity index (χ1n) is 9.15. The molecule has 9 heteroatoms. The summed E-state index contributed by atoms with van der Waals surface area (Å²) in [5.41, 5.74) is 1.45. The van der Waals surface area contributed by atoms with Crippen LogP contribution in [0.1, 0.15) is 21.9 Å². The molecule has 1 aromatic carbocycles. The van der Waals surface area contributed by atoms with Crippen LogP contribution < -0.4 is 10.2 Å². The van der Waals surface area contributed by atoms with Crippen molar-refractivity contribution in [2.24, 2.45) is 4.99 Å². The number of aliphatic imine (C=N–C) groups is 1. The van der Waals surface area contributed by atoms with Crippen LogP contribution in [0.2, 0.25) is 0 Å². The minimum Gasteiger partial charge on any atom is -0.465 e. The summed E-state index contributed by atoms with van der Waals surface area (Å²) < 4.78 is 23.5. The van der Waals surface area contributed by atoms with Gasteiger partial charge in [-0.1, -0.05) is 0 Å². The molecule has 7 nitrogen and oxygen atoms in total. The molecule has 0 aliphatic carbocycles. The monoisotopic (exact) mass is 516 g/mol. The molecule has 1 aliphatic rings. The highest BCUT2D eigenvalue weighted by atomic mass is 127. The molecule has 1 aromatic heterocycles. The molecule has 0 amide bonds. The minimum absolute atomic E-state index is 0. The van der Waals surface area contributed by atoms with Crippen LogP contribution in [0.15, 0.2) is 39.7 Å². The smallest absolute Gasteiger partial charge is 0.341 e. The molecule has 2 aromatic rings. The first-order chi connectivity index (χ1) is 13.5. The lowest BCUT2D eigenvalue weighted by Crippen LogP contribution is -2.52. The van der Waals surface area contributed by atoms with Gasteiger partial charge in [-0.05, 0) is 37.3 Å². The van der Waals surface area contributed by atoms with Gasteiger partial charge in [0.2, 0.25) is 0 Å². The predicted molar refractivity (Wildman–Crippen MR) is 121 cm³/mol. The molecule has 0 unspecified atom stereocenters. The largest absolute Gasteiger partial charge is 0.465 e. The number of anilines is 1. The van der Waals surface area contributed by atoms with Crippen LogP contribution in [0.3, 0.4) is 0 Å². The quantitative estimate of drug-likeness (QED) is 0.292. The van der Waals surface area contributed by atoms with E-state index in [0.29, 0.717) is 23.6 Å². The number of nitrogens with zero attached hydrogens (tertiary/aromatic N) is 3. The van der Waals surface area contributed by atoms with Crippen LogP contribution in [0.5, 0.6) is 0 Å². The summed E-state index contributed by atoms with van der Waals surface area (Å²) in [4.78, 5) is 20.4. The third kappa shape index (κ3) is 5.62. The van der Waals surface area contributed by atoms with Crippen LogP contribution >= 0.6 is 24.0 Å². The van der Waals surface area contributed by atoms with E-state index in [2.05, 4.69) is 20.1 Å². The van der Waals surface area contributed by atoms with Crippen LogP contribution in [-0.2, 0) is 11.3 Å². The normalized spacial score (nSPS) is 14.4. The average Bonchev–Trinajstić information content (AvgIpc) is 3.09. The van der Waals surface area contributed by atoms with Crippen molar-refractivity contribution in [3.63, 3.8) is 0 Å². The fraction of sp³-hybridized carbons (Fsp3) is 0.400. The van der Waals surface area contributed by atoms with E-state index in [1.54, 1.807) is 32.2 Å². The minimum atomic E-state index is -0.409. The van der Waals surface area contributed by atoms with Crippen molar-refractivity contribution in [3.8, 4) is 0 Å². The third-order valence-electron chi connectivity index (χ3n) is 4.78. The van der Waals surface area contributed by atoms with E-state index in [-0.39, 0.29) is 29.8 Å². The van der Waals surface area contributed by atoms with Crippen LogP contribution in [0.25, 0.3) is 0 Å². The number of carbonyl (C=O) groups excluding carboxylic acids is 1. The molecular formula is C20H26FIN4O3. The molecule has 1 N–H and O–H groups in total. The summed E-state index contributed by atoms with van der Waals surface area (Å²) in [7, 11) is 3.09. The molecule has 1 aliphatic heterocycles. The van der Waals surface area contributed by atoms with E-state index in [0.717, 1.165) is 37.8 Å². The van der Waals surface area contributed by atoms with Crippen molar-refractivity contribution >= 4 is 41.6 Å². The van der Waals surface area contributed by atoms with Crippen molar-refractivity contribution in [1.82, 2.24) is 10.2 Å². The van der Waals surface area contributed by atoms with Gasteiger partial charge >= 0.3 is 5.97 Å². The van der Waals surface area contributed by atoms with Gasteiger partial charge in [0.05, 0.1) is 13.7 Å². The molecule has 0 saturated carbocycles. The molecular weight excluding hydrogens is 490 g/mol. The summed E-state index contributed by atoms with van der Waals surface area (Å²) in [6.45, 7) is 5.38. The zero-order valence-corrected chi connectivity index (χ0v) is 19.1. The molecule has 2 heterocycles. The summed E-state index contributed by atoms with van der Waals surface area (Å²) in [5, 5.41) is 3.28. The first kappa shape index (κ1) is 23.0. The second-order valence-corrected chi connectivity index (χ2v) is 6.53. The number of carbonyl (C=O) groups is 1. The van der Waals surface area contributed by atoms with Gasteiger partial charge in [-0.2, -0.15) is 0 Å². The zero-order valence-electron chi connectivity index (χ0n) is 16.8. The Labute approximate surface area is 186 Å². The van der Waals surface area contributed by atoms with Crippen LogP contribution in [0, 0.1) is 12.7 Å². The Morgan fingerprint density at radius 3 is 2.48 bits per heavy atom. The lowest BCUT2D eigenvalue weighted by molar-refractivity contribution is 0.0599. The van der Waals surface area contributed by atoms with Crippen LogP contribution in [-0.4, -0.2) is 57.2 Å². The Morgan fingerprint density at radius 1 is 1.24 bits per heavy atom. The number of nitrogens with one attached hydrogen (secondary N) is 1. The number of furan rings is 1. The van der Waals surface area contributed by atoms with Gasteiger partial charge in [-0.15, -0.1) is 24.0 Å². The number of aryl methyl sites for hydroxylation is 1. The number of methoxy groups -OCH3 is 1. The van der Waals surface area contributed by atoms with Crippen molar-refractivity contribution in [1.29, 1.82) is 0 Å². The Balaban J connectivity index is 0.00000300. The Hall–Kier alpha value is -2.30. The lowest BCUT2D eigenvalue weighted by atomic mass is 10.2. The fourth-order valence-electron chi connectivity index (χ4n) is 3.27. The second kappa shape index (κ2) is 10.5. The maximum atomic E-state index is 13.1. The highest BCUT2D eigenvalue weighted by Crippen LogP contribution is 2.18. The van der Waals surface area contributed by atoms with Gasteiger partial charge in [0.1, 0.15) is 22.9 Å². The highest BCUT2D eigenvalue weighted by Gasteiger charge is 2.21. The van der Waals surface area contributed by atoms with E-state index in [9.17, 15) is 9.18 Å². The molecule has 0 radical (unpaired) electrons. The van der Waals surface area contributed by atoms with Gasteiger partial charge < -0.3 is 24.3 Å². The number of rotatable bonds is 4. The highest BCUT2D eigenvalue weighted by molar-refractivity contribution is 14.0. The Kier molecular flexibility index (Phi) is 8.30. The number of piperazine rings is 1. The second-order valence-electron chi connectivity index (χ2n) is 6.53. The standard InChI is InChI=1S/C20H25FN4O3.HI/c1-14-18(19(26)27-3)12-17(28-14)13-23-20(22-2)25-10-8-24(9-11-25)16-6-4-15(21)5-7-16;/h4-7,12H,8-11,13H2,1-3H3,(H,22,23);1H. The van der Waals surface area contributed by atoms with Crippen molar-refractivity contribution < 1.29 is 18.3 Å². The summed E-state index contributed by atoms with van der Waals surface area (Å²) in [6, 6.07) is 8.26. The van der Waals surface area contributed by atoms with Crippen molar-refractivity contribution in [2.75, 3.05) is 45.2 Å². The lowest BCUT2D eigenvalue weighted by Gasteiger charge is -2.37. The number of halogens is 2. The van der Waals surface area contributed by atoms with Gasteiger partial charge in [-0.3, -0.25) is 4.99 Å². The van der Waals surface area contributed by atoms with Crippen LogP contribution in [0.4, 0.5) is 10.1 Å². The number of hydrogen-bond donors (Lipinski definition) is 1. The molecule has 1 fully saturated rings. The number of hydrogen-bond acceptors (Lipinski definition) is 5. The average molecular weight is 516 g/mol. The maximum absolute atomic E-state index is 13.1. The first-order valence-corrected chi connectivity index (χ1v) is 9.15. The molecule has 3 rings (SSSR count). The molecule has 0 bridgehead atoms. The van der Waals surface area contributed by atoms with Crippen molar-refractivity contribution in [3.05, 3.63) is 53.2 Å². The van der Waals surface area contributed by atoms with E-state index in [1.807, 2.05) is 0 Å². The molecule has 29 heavy (non-hydrogen) atoms. The number of esters is 1. The van der Waals surface area contributed by atoms with Gasteiger partial charge in [0.15, 0.2) is 5.96 Å². The molecule has 0 spiro atoms. The molecule has 1 saturated heterocycles. The van der Waals surface area contributed by atoms with Gasteiger partial charge in [0.25, 0.3) is 0 Å². The summed E-state index contributed by atoms with van der Waals surface area (Å²) in [6.07, 6.45) is 0. The summed E-state index contributed by atoms with van der Waals surface area (Å²) in [5.74, 6) is 1.31. The number of guanidine groups is 1. The SMILES string of the molecule is CN=C(NCc1cc(C(=O)OC)c(C)o1)N1CCN(c2ccc(F)cc2)CC1.I. The Bertz CT molecular complexity index is 846. The zero-order chi connectivity index (χ0) is 20.1. The van der Waals surface area contributed by atoms with Crippen molar-refractivity contribution in [2.45, 2.75) is 13.5 Å². The molecule has 158 valence electrons. The number of benzene rings is 1.